The lowest BCUT2D eigenvalue weighted by atomic mass is 10.1. The largest absolute Gasteiger partial charge is 0.352 e. The summed E-state index contributed by atoms with van der Waals surface area (Å²) in [5.41, 5.74) is 0.893. The highest BCUT2D eigenvalue weighted by atomic mass is 35.5. The van der Waals surface area contributed by atoms with Gasteiger partial charge in [-0.05, 0) is 56.2 Å². The molecule has 0 fully saturated rings. The van der Waals surface area contributed by atoms with E-state index in [1.54, 1.807) is 43.3 Å². The van der Waals surface area contributed by atoms with Gasteiger partial charge in [-0.25, -0.2) is 8.42 Å². The number of hydrogen-bond acceptors (Lipinski definition) is 4. The van der Waals surface area contributed by atoms with E-state index in [1.807, 2.05) is 13.8 Å². The Morgan fingerprint density at radius 2 is 1.71 bits per heavy atom. The van der Waals surface area contributed by atoms with Crippen LogP contribution in [0.5, 0.6) is 0 Å². The molecule has 2 aromatic carbocycles. The van der Waals surface area contributed by atoms with Crippen LogP contribution in [-0.4, -0.2) is 50.0 Å². The number of rotatable bonds is 10. The van der Waals surface area contributed by atoms with Gasteiger partial charge in [0.15, 0.2) is 0 Å². The molecule has 0 aliphatic heterocycles. The highest BCUT2D eigenvalue weighted by molar-refractivity contribution is 7.92. The van der Waals surface area contributed by atoms with Crippen molar-refractivity contribution in [3.8, 4) is 0 Å². The number of sulfonamides is 1. The van der Waals surface area contributed by atoms with Crippen LogP contribution < -0.4 is 9.62 Å². The molecule has 0 spiro atoms. The minimum atomic E-state index is -3.83. The highest BCUT2D eigenvalue weighted by Crippen LogP contribution is 2.25. The van der Waals surface area contributed by atoms with Crippen LogP contribution in [0.3, 0.4) is 0 Å². The first-order chi connectivity index (χ1) is 15.8. The predicted molar refractivity (Wildman–Crippen MR) is 138 cm³/mol. The van der Waals surface area contributed by atoms with Crippen LogP contribution in [0, 0.1) is 0 Å². The van der Waals surface area contributed by atoms with Gasteiger partial charge in [0, 0.05) is 17.6 Å². The molecule has 7 nitrogen and oxygen atoms in total. The number of nitrogens with one attached hydrogen (secondary N) is 1. The molecule has 0 aromatic heterocycles. The van der Waals surface area contributed by atoms with E-state index < -0.39 is 28.5 Å². The number of carbonyl (C=O) groups is 2. The van der Waals surface area contributed by atoms with E-state index >= 15 is 0 Å². The van der Waals surface area contributed by atoms with Crippen molar-refractivity contribution in [1.82, 2.24) is 10.2 Å². The van der Waals surface area contributed by atoms with Gasteiger partial charge in [-0.2, -0.15) is 0 Å². The molecule has 0 radical (unpaired) electrons. The second-order valence-electron chi connectivity index (χ2n) is 8.11. The Hall–Kier alpha value is -2.00. The van der Waals surface area contributed by atoms with Crippen molar-refractivity contribution in [3.63, 3.8) is 0 Å². The zero-order valence-corrected chi connectivity index (χ0v) is 22.5. The molecule has 11 heteroatoms. The van der Waals surface area contributed by atoms with Crippen molar-refractivity contribution in [2.75, 3.05) is 17.1 Å². The molecule has 1 N–H and O–H groups in total. The van der Waals surface area contributed by atoms with Crippen LogP contribution in [0.4, 0.5) is 5.69 Å². The fraction of sp³-hybridized carbons (Fsp3) is 0.391. The minimum Gasteiger partial charge on any atom is -0.352 e. The van der Waals surface area contributed by atoms with Crippen molar-refractivity contribution < 1.29 is 18.0 Å². The van der Waals surface area contributed by atoms with E-state index in [2.05, 4.69) is 5.32 Å². The molecule has 0 saturated heterocycles. The third-order valence-electron chi connectivity index (χ3n) is 4.93. The van der Waals surface area contributed by atoms with E-state index in [0.29, 0.717) is 27.1 Å². The first-order valence-corrected chi connectivity index (χ1v) is 13.6. The lowest BCUT2D eigenvalue weighted by Crippen LogP contribution is -2.53. The maximum atomic E-state index is 13.6. The van der Waals surface area contributed by atoms with Gasteiger partial charge in [0.2, 0.25) is 21.8 Å². The Bertz CT molecular complexity index is 1140. The number of benzene rings is 2. The van der Waals surface area contributed by atoms with Crippen LogP contribution in [0.1, 0.15) is 32.8 Å². The van der Waals surface area contributed by atoms with Gasteiger partial charge < -0.3 is 10.2 Å². The standard InChI is InChI=1S/C23H28Cl3N3O4S/c1-5-21(23(31)27-15(2)3)28(13-16-9-10-19(25)20(26)11-16)22(30)14-29(34(4,32)33)18-8-6-7-17(24)12-18/h6-12,15,21H,5,13-14H2,1-4H3,(H,27,31)/t21-/m1/s1. The molecule has 2 aromatic rings. The molecule has 0 heterocycles. The van der Waals surface area contributed by atoms with Crippen molar-refractivity contribution in [2.45, 2.75) is 45.8 Å². The molecule has 2 rings (SSSR count). The van der Waals surface area contributed by atoms with Crippen molar-refractivity contribution >= 4 is 62.3 Å². The fourth-order valence-electron chi connectivity index (χ4n) is 3.38. The number of halogens is 3. The summed E-state index contributed by atoms with van der Waals surface area (Å²) in [4.78, 5) is 27.9. The molecule has 0 aliphatic rings. The summed E-state index contributed by atoms with van der Waals surface area (Å²) in [6.07, 6.45) is 1.33. The maximum absolute atomic E-state index is 13.6. The van der Waals surface area contributed by atoms with Crippen LogP contribution in [-0.2, 0) is 26.2 Å². The quantitative estimate of drug-likeness (QED) is 0.464. The number of nitrogens with zero attached hydrogens (tertiary/aromatic N) is 2. The topological polar surface area (TPSA) is 86.8 Å². The highest BCUT2D eigenvalue weighted by Gasteiger charge is 2.32. The van der Waals surface area contributed by atoms with Crippen LogP contribution in [0.15, 0.2) is 42.5 Å². The Morgan fingerprint density at radius 3 is 2.24 bits per heavy atom. The number of carbonyl (C=O) groups excluding carboxylic acids is 2. The van der Waals surface area contributed by atoms with Gasteiger partial charge in [0.1, 0.15) is 12.6 Å². The number of hydrogen-bond donors (Lipinski definition) is 1. The van der Waals surface area contributed by atoms with E-state index in [1.165, 1.54) is 11.0 Å². The Morgan fingerprint density at radius 1 is 1.03 bits per heavy atom. The average molecular weight is 549 g/mol. The first kappa shape index (κ1) is 28.2. The summed E-state index contributed by atoms with van der Waals surface area (Å²) in [7, 11) is -3.83. The molecule has 0 saturated carbocycles. The van der Waals surface area contributed by atoms with Crippen LogP contribution >= 0.6 is 34.8 Å². The van der Waals surface area contributed by atoms with E-state index in [0.717, 1.165) is 10.6 Å². The molecule has 1 atom stereocenters. The zero-order chi connectivity index (χ0) is 25.6. The third kappa shape index (κ3) is 7.77. The second-order valence-corrected chi connectivity index (χ2v) is 11.3. The smallest absolute Gasteiger partial charge is 0.244 e. The average Bonchev–Trinajstić information content (AvgIpc) is 2.72. The Labute approximate surface area is 216 Å². The maximum Gasteiger partial charge on any atom is 0.244 e. The van der Waals surface area contributed by atoms with Crippen LogP contribution in [0.25, 0.3) is 0 Å². The van der Waals surface area contributed by atoms with E-state index in [-0.39, 0.29) is 24.2 Å². The minimum absolute atomic E-state index is 0.0346. The molecule has 186 valence electrons. The molecule has 34 heavy (non-hydrogen) atoms. The molecule has 0 bridgehead atoms. The van der Waals surface area contributed by atoms with Gasteiger partial charge in [-0.15, -0.1) is 0 Å². The summed E-state index contributed by atoms with van der Waals surface area (Å²) in [5, 5.41) is 3.82. The Balaban J connectivity index is 2.46. The lowest BCUT2D eigenvalue weighted by molar-refractivity contribution is -0.140. The molecule has 0 aliphatic carbocycles. The summed E-state index contributed by atoms with van der Waals surface area (Å²) in [6, 6.07) is 10.2. The third-order valence-corrected chi connectivity index (χ3v) is 7.04. The van der Waals surface area contributed by atoms with E-state index in [4.69, 9.17) is 34.8 Å². The number of amides is 2. The van der Waals surface area contributed by atoms with E-state index in [9.17, 15) is 18.0 Å². The monoisotopic (exact) mass is 547 g/mol. The fourth-order valence-corrected chi connectivity index (χ4v) is 4.73. The number of anilines is 1. The predicted octanol–water partition coefficient (Wildman–Crippen LogP) is 4.74. The van der Waals surface area contributed by atoms with Gasteiger partial charge in [-0.1, -0.05) is 53.9 Å². The molecular formula is C23H28Cl3N3O4S. The first-order valence-electron chi connectivity index (χ1n) is 10.6. The van der Waals surface area contributed by atoms with Gasteiger partial charge in [0.25, 0.3) is 0 Å². The van der Waals surface area contributed by atoms with Gasteiger partial charge in [0.05, 0.1) is 22.0 Å². The van der Waals surface area contributed by atoms with Crippen molar-refractivity contribution in [2.24, 2.45) is 0 Å². The normalized spacial score (nSPS) is 12.4. The van der Waals surface area contributed by atoms with Crippen LogP contribution in [0.2, 0.25) is 15.1 Å². The van der Waals surface area contributed by atoms with Crippen molar-refractivity contribution in [1.29, 1.82) is 0 Å². The Kier molecular flexibility index (Phi) is 10.1. The summed E-state index contributed by atoms with van der Waals surface area (Å²) in [5.74, 6) is -0.887. The second kappa shape index (κ2) is 12.1. The SMILES string of the molecule is CC[C@H](C(=O)NC(C)C)N(Cc1ccc(Cl)c(Cl)c1)C(=O)CN(c1cccc(Cl)c1)S(C)(=O)=O. The zero-order valence-electron chi connectivity index (χ0n) is 19.4. The lowest BCUT2D eigenvalue weighted by Gasteiger charge is -2.33. The summed E-state index contributed by atoms with van der Waals surface area (Å²) in [6.45, 7) is 4.95. The molecule has 0 unspecified atom stereocenters. The van der Waals surface area contributed by atoms with Crippen molar-refractivity contribution in [3.05, 3.63) is 63.1 Å². The molecule has 2 amide bonds. The molecular weight excluding hydrogens is 521 g/mol. The van der Waals surface area contributed by atoms with Gasteiger partial charge in [-0.3, -0.25) is 13.9 Å². The van der Waals surface area contributed by atoms with Gasteiger partial charge >= 0.3 is 0 Å². The summed E-state index contributed by atoms with van der Waals surface area (Å²) >= 11 is 18.2. The summed E-state index contributed by atoms with van der Waals surface area (Å²) < 4.78 is 26.1.